The molecule has 12 heteroatoms. The van der Waals surface area contributed by atoms with Crippen LogP contribution in [-0.2, 0) is 7.05 Å². The standard InChI is InChI=1S/C25H26FN9O.H2S/c1-14(23-27-7-6-8-28-23)29-22-19(25(36)31-18-13-34(2)33-21(18)22)24-30-17-12-15(11-16(26)20(17)32-24)35-9-4-3-5-10-35;/h6-8,11-14,29H,3-5,9-10H2,1-2H3,(H,30,32)(H,31,36);1H2/t14-;/m0./s1. The SMILES string of the molecule is C[C@H](Nc1c(-c2nc3c(F)cc(N4CCCCC4)cc3[nH]2)c(=O)[nH]c2cn(C)nc12)c1ncccn1.S. The fourth-order valence-electron chi connectivity index (χ4n) is 4.88. The number of nitrogens with one attached hydrogen (secondary N) is 3. The third-order valence-electron chi connectivity index (χ3n) is 6.61. The number of benzene rings is 1. The van der Waals surface area contributed by atoms with Gasteiger partial charge < -0.3 is 20.2 Å². The number of halogens is 1. The summed E-state index contributed by atoms with van der Waals surface area (Å²) in [6.07, 6.45) is 8.43. The van der Waals surface area contributed by atoms with Gasteiger partial charge in [0.2, 0.25) is 0 Å². The molecule has 6 rings (SSSR count). The Bertz CT molecular complexity index is 1620. The first-order valence-corrected chi connectivity index (χ1v) is 12.1. The van der Waals surface area contributed by atoms with Crippen LogP contribution in [0.4, 0.5) is 15.8 Å². The maximum atomic E-state index is 15.2. The summed E-state index contributed by atoms with van der Waals surface area (Å²) < 4.78 is 16.8. The lowest BCUT2D eigenvalue weighted by atomic mass is 10.1. The van der Waals surface area contributed by atoms with E-state index < -0.39 is 5.82 Å². The van der Waals surface area contributed by atoms with E-state index in [0.717, 1.165) is 31.6 Å². The van der Waals surface area contributed by atoms with Crippen molar-refractivity contribution in [3.63, 3.8) is 0 Å². The zero-order chi connectivity index (χ0) is 24.8. The van der Waals surface area contributed by atoms with E-state index in [9.17, 15) is 4.79 Å². The molecule has 1 atom stereocenters. The van der Waals surface area contributed by atoms with Crippen LogP contribution < -0.4 is 15.8 Å². The Balaban J connectivity index is 0.00000280. The number of piperidine rings is 1. The van der Waals surface area contributed by atoms with Crippen LogP contribution in [0.2, 0.25) is 0 Å². The van der Waals surface area contributed by atoms with E-state index in [1.165, 1.54) is 12.5 Å². The van der Waals surface area contributed by atoms with Crippen LogP contribution in [-0.4, -0.2) is 47.8 Å². The van der Waals surface area contributed by atoms with Gasteiger partial charge in [0.05, 0.1) is 22.8 Å². The van der Waals surface area contributed by atoms with E-state index in [2.05, 4.69) is 40.2 Å². The van der Waals surface area contributed by atoms with Gasteiger partial charge in [-0.1, -0.05) is 0 Å². The third kappa shape index (κ3) is 4.52. The first kappa shape index (κ1) is 24.8. The largest absolute Gasteiger partial charge is 0.373 e. The Morgan fingerprint density at radius 3 is 2.57 bits per heavy atom. The normalized spacial score (nSPS) is 14.6. The summed E-state index contributed by atoms with van der Waals surface area (Å²) in [5.74, 6) is 0.401. The highest BCUT2D eigenvalue weighted by molar-refractivity contribution is 7.59. The number of H-pyrrole nitrogens is 2. The fourth-order valence-corrected chi connectivity index (χ4v) is 4.88. The van der Waals surface area contributed by atoms with Crippen molar-refractivity contribution in [2.45, 2.75) is 32.2 Å². The van der Waals surface area contributed by atoms with Crippen LogP contribution in [0.3, 0.4) is 0 Å². The second-order valence-electron chi connectivity index (χ2n) is 9.20. The average molecular weight is 522 g/mol. The van der Waals surface area contributed by atoms with Crippen LogP contribution in [0.5, 0.6) is 0 Å². The zero-order valence-electron chi connectivity index (χ0n) is 20.5. The van der Waals surface area contributed by atoms with E-state index in [0.29, 0.717) is 28.1 Å². The predicted octanol–water partition coefficient (Wildman–Crippen LogP) is 4.01. The van der Waals surface area contributed by atoms with Crippen molar-refractivity contribution in [3.05, 3.63) is 58.8 Å². The number of anilines is 2. The van der Waals surface area contributed by atoms with Crippen molar-refractivity contribution in [2.75, 3.05) is 23.3 Å². The smallest absolute Gasteiger partial charge is 0.261 e. The molecule has 0 spiro atoms. The molecule has 37 heavy (non-hydrogen) atoms. The molecule has 1 aromatic carbocycles. The van der Waals surface area contributed by atoms with E-state index in [1.54, 1.807) is 36.4 Å². The molecule has 10 nitrogen and oxygen atoms in total. The fraction of sp³-hybridized carbons (Fsp3) is 0.320. The van der Waals surface area contributed by atoms with Gasteiger partial charge in [-0.2, -0.15) is 18.6 Å². The molecule has 0 saturated carbocycles. The molecular formula is C25H28FN9OS. The molecule has 1 fully saturated rings. The molecule has 1 aliphatic rings. The Labute approximate surface area is 218 Å². The molecule has 4 aromatic heterocycles. The number of imidazole rings is 1. The highest BCUT2D eigenvalue weighted by Crippen LogP contribution is 2.34. The number of aromatic nitrogens is 7. The lowest BCUT2D eigenvalue weighted by Gasteiger charge is -2.28. The van der Waals surface area contributed by atoms with Crippen LogP contribution in [0, 0.1) is 5.82 Å². The van der Waals surface area contributed by atoms with Crippen LogP contribution >= 0.6 is 13.5 Å². The van der Waals surface area contributed by atoms with Crippen molar-refractivity contribution in [3.8, 4) is 11.4 Å². The number of aryl methyl sites for hydroxylation is 1. The quantitative estimate of drug-likeness (QED) is 0.320. The van der Waals surface area contributed by atoms with E-state index in [4.69, 9.17) is 0 Å². The Morgan fingerprint density at radius 1 is 1.05 bits per heavy atom. The molecule has 0 unspecified atom stereocenters. The molecule has 3 N–H and O–H groups in total. The lowest BCUT2D eigenvalue weighted by Crippen LogP contribution is -2.29. The molecule has 0 radical (unpaired) electrons. The highest BCUT2D eigenvalue weighted by atomic mass is 32.1. The minimum atomic E-state index is -0.425. The van der Waals surface area contributed by atoms with Gasteiger partial charge in [-0.15, -0.1) is 0 Å². The summed E-state index contributed by atoms with van der Waals surface area (Å²) in [4.78, 5) is 34.7. The van der Waals surface area contributed by atoms with Gasteiger partial charge in [0, 0.05) is 44.4 Å². The van der Waals surface area contributed by atoms with Gasteiger partial charge >= 0.3 is 0 Å². The monoisotopic (exact) mass is 521 g/mol. The molecule has 5 aromatic rings. The van der Waals surface area contributed by atoms with Gasteiger partial charge in [0.1, 0.15) is 28.2 Å². The molecule has 1 aliphatic heterocycles. The van der Waals surface area contributed by atoms with Crippen molar-refractivity contribution in [2.24, 2.45) is 7.05 Å². The highest BCUT2D eigenvalue weighted by Gasteiger charge is 2.24. The number of pyridine rings is 1. The topological polar surface area (TPSA) is 120 Å². The van der Waals surface area contributed by atoms with Gasteiger partial charge in [-0.3, -0.25) is 9.48 Å². The Kier molecular flexibility index (Phi) is 6.59. The minimum absolute atomic E-state index is 0. The number of aromatic amines is 2. The summed E-state index contributed by atoms with van der Waals surface area (Å²) in [5, 5.41) is 7.92. The number of fused-ring (bicyclic) bond motifs is 2. The zero-order valence-corrected chi connectivity index (χ0v) is 21.5. The number of hydrogen-bond donors (Lipinski definition) is 3. The molecule has 192 valence electrons. The number of hydrogen-bond acceptors (Lipinski definition) is 7. The van der Waals surface area contributed by atoms with Crippen LogP contribution in [0.1, 0.15) is 38.1 Å². The molecule has 0 amide bonds. The van der Waals surface area contributed by atoms with Gasteiger partial charge in [-0.25, -0.2) is 19.3 Å². The van der Waals surface area contributed by atoms with Crippen molar-refractivity contribution in [1.82, 2.24) is 34.7 Å². The van der Waals surface area contributed by atoms with Crippen LogP contribution in [0.25, 0.3) is 33.5 Å². The Morgan fingerprint density at radius 2 is 1.81 bits per heavy atom. The van der Waals surface area contributed by atoms with Crippen molar-refractivity contribution in [1.29, 1.82) is 0 Å². The van der Waals surface area contributed by atoms with Crippen molar-refractivity contribution >= 4 is 46.9 Å². The molecule has 0 bridgehead atoms. The molecule has 0 aliphatic carbocycles. The Hall–Kier alpha value is -3.93. The number of nitrogens with zero attached hydrogens (tertiary/aromatic N) is 6. The second-order valence-corrected chi connectivity index (χ2v) is 9.20. The van der Waals surface area contributed by atoms with Crippen LogP contribution in [0.15, 0.2) is 41.6 Å². The van der Waals surface area contributed by atoms with Crippen molar-refractivity contribution < 1.29 is 4.39 Å². The summed E-state index contributed by atoms with van der Waals surface area (Å²) in [7, 11) is 1.78. The van der Waals surface area contributed by atoms with Gasteiger partial charge in [-0.05, 0) is 44.4 Å². The van der Waals surface area contributed by atoms with Gasteiger partial charge in [0.25, 0.3) is 5.56 Å². The predicted molar refractivity (Wildman–Crippen MR) is 147 cm³/mol. The third-order valence-corrected chi connectivity index (χ3v) is 6.61. The summed E-state index contributed by atoms with van der Waals surface area (Å²) >= 11 is 0. The lowest BCUT2D eigenvalue weighted by molar-refractivity contribution is 0.575. The first-order chi connectivity index (χ1) is 17.5. The minimum Gasteiger partial charge on any atom is -0.373 e. The molecule has 1 saturated heterocycles. The summed E-state index contributed by atoms with van der Waals surface area (Å²) in [6, 6.07) is 4.84. The first-order valence-electron chi connectivity index (χ1n) is 12.1. The molecular weight excluding hydrogens is 493 g/mol. The second kappa shape index (κ2) is 9.85. The molecule has 5 heterocycles. The van der Waals surface area contributed by atoms with E-state index >= 15 is 4.39 Å². The summed E-state index contributed by atoms with van der Waals surface area (Å²) in [5.41, 5.74) is 3.04. The maximum absolute atomic E-state index is 15.2. The van der Waals surface area contributed by atoms with Gasteiger partial charge in [0.15, 0.2) is 5.82 Å². The average Bonchev–Trinajstić information content (AvgIpc) is 3.48. The van der Waals surface area contributed by atoms with E-state index in [1.807, 2.05) is 13.0 Å². The maximum Gasteiger partial charge on any atom is 0.261 e. The van der Waals surface area contributed by atoms with E-state index in [-0.39, 0.29) is 42.0 Å². The summed E-state index contributed by atoms with van der Waals surface area (Å²) in [6.45, 7) is 3.70. The number of rotatable bonds is 5.